The van der Waals surface area contributed by atoms with Crippen LogP contribution in [0, 0.1) is 6.92 Å². The number of carbonyl (C=O) groups excluding carboxylic acids is 2. The molecule has 0 bridgehead atoms. The Morgan fingerprint density at radius 3 is 2.62 bits per heavy atom. The number of aromatic nitrogens is 1. The van der Waals surface area contributed by atoms with E-state index in [4.69, 9.17) is 4.74 Å². The molecule has 1 aromatic carbocycles. The van der Waals surface area contributed by atoms with Gasteiger partial charge in [0.1, 0.15) is 11.7 Å². The van der Waals surface area contributed by atoms with Gasteiger partial charge in [-0.15, -0.1) is 0 Å². The van der Waals surface area contributed by atoms with Crippen molar-refractivity contribution in [3.05, 3.63) is 65.0 Å². The molecular weight excluding hydrogens is 304 g/mol. The highest BCUT2D eigenvalue weighted by atomic mass is 16.5. The summed E-state index contributed by atoms with van der Waals surface area (Å²) in [6.07, 6.45) is 2.12. The Labute approximate surface area is 141 Å². The molecule has 0 spiro atoms. The zero-order chi connectivity index (χ0) is 17.1. The maximum atomic E-state index is 12.9. The number of benzene rings is 1. The molecule has 1 atom stereocenters. The summed E-state index contributed by atoms with van der Waals surface area (Å²) in [6.45, 7) is 4.36. The maximum Gasteiger partial charge on any atom is 0.329 e. The first-order valence-corrected chi connectivity index (χ1v) is 8.07. The number of carbonyl (C=O) groups is 2. The van der Waals surface area contributed by atoms with Gasteiger partial charge >= 0.3 is 5.97 Å². The smallest absolute Gasteiger partial charge is 0.329 e. The van der Waals surface area contributed by atoms with Crippen LogP contribution >= 0.6 is 0 Å². The van der Waals surface area contributed by atoms with Crippen molar-refractivity contribution in [3.63, 3.8) is 0 Å². The van der Waals surface area contributed by atoms with Gasteiger partial charge in [-0.3, -0.25) is 9.78 Å². The fourth-order valence-corrected chi connectivity index (χ4v) is 2.93. The highest BCUT2D eigenvalue weighted by molar-refractivity contribution is 5.95. The summed E-state index contributed by atoms with van der Waals surface area (Å²) >= 11 is 0. The van der Waals surface area contributed by atoms with Crippen LogP contribution in [0.25, 0.3) is 0 Å². The van der Waals surface area contributed by atoms with E-state index in [1.165, 1.54) is 0 Å². The quantitative estimate of drug-likeness (QED) is 0.814. The molecule has 0 fully saturated rings. The predicted octanol–water partition coefficient (Wildman–Crippen LogP) is 2.52. The summed E-state index contributed by atoms with van der Waals surface area (Å²) in [7, 11) is 0. The molecule has 0 saturated carbocycles. The number of amides is 1. The van der Waals surface area contributed by atoms with Gasteiger partial charge in [0.05, 0.1) is 6.61 Å². The molecular formula is C19H20N2O3. The van der Waals surface area contributed by atoms with Crippen LogP contribution < -0.4 is 0 Å². The summed E-state index contributed by atoms with van der Waals surface area (Å²) in [6, 6.07) is 10.8. The zero-order valence-electron chi connectivity index (χ0n) is 13.9. The van der Waals surface area contributed by atoms with Gasteiger partial charge < -0.3 is 9.64 Å². The highest BCUT2D eigenvalue weighted by Crippen LogP contribution is 2.25. The number of nitrogens with zero attached hydrogens (tertiary/aromatic N) is 2. The standard InChI is InChI=1S/C19H20N2O3/c1-3-24-19(23)17-10-14-6-4-5-7-15(14)12-21(17)18(22)16-9-8-13(2)11-20-16/h4-9,11,17H,3,10,12H2,1-2H3. The lowest BCUT2D eigenvalue weighted by molar-refractivity contribution is -0.149. The van der Waals surface area contributed by atoms with Crippen molar-refractivity contribution in [1.82, 2.24) is 9.88 Å². The third kappa shape index (κ3) is 3.15. The fourth-order valence-electron chi connectivity index (χ4n) is 2.93. The van der Waals surface area contributed by atoms with Crippen LogP contribution in [0.2, 0.25) is 0 Å². The van der Waals surface area contributed by atoms with Crippen molar-refractivity contribution in [1.29, 1.82) is 0 Å². The van der Waals surface area contributed by atoms with Gasteiger partial charge in [0.15, 0.2) is 0 Å². The van der Waals surface area contributed by atoms with Crippen LogP contribution in [-0.4, -0.2) is 34.4 Å². The van der Waals surface area contributed by atoms with E-state index in [-0.39, 0.29) is 11.9 Å². The second-order valence-corrected chi connectivity index (χ2v) is 5.89. The number of rotatable bonds is 3. The first-order valence-electron chi connectivity index (χ1n) is 8.07. The average Bonchev–Trinajstić information content (AvgIpc) is 2.61. The minimum absolute atomic E-state index is 0.248. The first kappa shape index (κ1) is 16.2. The molecule has 5 nitrogen and oxygen atoms in total. The summed E-state index contributed by atoms with van der Waals surface area (Å²) < 4.78 is 5.18. The zero-order valence-corrected chi connectivity index (χ0v) is 13.9. The minimum Gasteiger partial charge on any atom is -0.464 e. The Morgan fingerprint density at radius 2 is 1.96 bits per heavy atom. The van der Waals surface area contributed by atoms with Crippen LogP contribution in [-0.2, 0) is 22.5 Å². The number of hydrogen-bond donors (Lipinski definition) is 0. The van der Waals surface area contributed by atoms with E-state index >= 15 is 0 Å². The van der Waals surface area contributed by atoms with E-state index in [0.717, 1.165) is 16.7 Å². The summed E-state index contributed by atoms with van der Waals surface area (Å²) in [5.74, 6) is -0.616. The van der Waals surface area contributed by atoms with Crippen LogP contribution in [0.5, 0.6) is 0 Å². The Hall–Kier alpha value is -2.69. The lowest BCUT2D eigenvalue weighted by Gasteiger charge is -2.35. The summed E-state index contributed by atoms with van der Waals surface area (Å²) in [5, 5.41) is 0. The minimum atomic E-state index is -0.615. The van der Waals surface area contributed by atoms with E-state index in [9.17, 15) is 9.59 Å². The molecule has 24 heavy (non-hydrogen) atoms. The van der Waals surface area contributed by atoms with Crippen LogP contribution in [0.1, 0.15) is 34.1 Å². The van der Waals surface area contributed by atoms with Gasteiger partial charge in [-0.2, -0.15) is 0 Å². The number of aryl methyl sites for hydroxylation is 1. The molecule has 2 heterocycles. The monoisotopic (exact) mass is 324 g/mol. The van der Waals surface area contributed by atoms with Crippen molar-refractivity contribution in [3.8, 4) is 0 Å². The molecule has 1 amide bonds. The lowest BCUT2D eigenvalue weighted by atomic mass is 9.93. The summed E-state index contributed by atoms with van der Waals surface area (Å²) in [4.78, 5) is 31.0. The van der Waals surface area contributed by atoms with Gasteiger partial charge in [0.2, 0.25) is 0 Å². The van der Waals surface area contributed by atoms with Gasteiger partial charge in [-0.1, -0.05) is 30.3 Å². The van der Waals surface area contributed by atoms with Gasteiger partial charge in [0, 0.05) is 19.2 Å². The number of hydrogen-bond acceptors (Lipinski definition) is 4. The molecule has 1 aliphatic rings. The van der Waals surface area contributed by atoms with Crippen molar-refractivity contribution < 1.29 is 14.3 Å². The second kappa shape index (κ2) is 6.83. The molecule has 0 N–H and O–H groups in total. The van der Waals surface area contributed by atoms with E-state index in [0.29, 0.717) is 25.3 Å². The molecule has 1 aliphatic heterocycles. The second-order valence-electron chi connectivity index (χ2n) is 5.89. The molecule has 2 aromatic rings. The van der Waals surface area contributed by atoms with Gasteiger partial charge in [0.25, 0.3) is 5.91 Å². The van der Waals surface area contributed by atoms with Crippen molar-refractivity contribution >= 4 is 11.9 Å². The average molecular weight is 324 g/mol. The fraction of sp³-hybridized carbons (Fsp3) is 0.316. The topological polar surface area (TPSA) is 59.5 Å². The molecule has 3 rings (SSSR count). The molecule has 124 valence electrons. The van der Waals surface area contributed by atoms with Crippen LogP contribution in [0.15, 0.2) is 42.6 Å². The molecule has 5 heteroatoms. The van der Waals surface area contributed by atoms with E-state index < -0.39 is 6.04 Å². The Morgan fingerprint density at radius 1 is 1.21 bits per heavy atom. The van der Waals surface area contributed by atoms with Gasteiger partial charge in [-0.25, -0.2) is 4.79 Å². The maximum absolute atomic E-state index is 12.9. The Balaban J connectivity index is 1.94. The first-order chi connectivity index (χ1) is 11.6. The molecule has 0 aliphatic carbocycles. The van der Waals surface area contributed by atoms with Crippen molar-refractivity contribution in [2.45, 2.75) is 32.9 Å². The number of ether oxygens (including phenoxy) is 1. The number of pyridine rings is 1. The Kier molecular flexibility index (Phi) is 4.60. The largest absolute Gasteiger partial charge is 0.464 e. The molecule has 0 saturated heterocycles. The normalized spacial score (nSPS) is 16.4. The van der Waals surface area contributed by atoms with E-state index in [1.54, 1.807) is 24.1 Å². The SMILES string of the molecule is CCOC(=O)C1Cc2ccccc2CN1C(=O)c1ccc(C)cn1. The third-order valence-corrected chi connectivity index (χ3v) is 4.20. The Bertz CT molecular complexity index is 755. The third-order valence-electron chi connectivity index (χ3n) is 4.20. The number of esters is 1. The van der Waals surface area contributed by atoms with E-state index in [1.807, 2.05) is 37.3 Å². The molecule has 1 aromatic heterocycles. The summed E-state index contributed by atoms with van der Waals surface area (Å²) in [5.41, 5.74) is 3.46. The van der Waals surface area contributed by atoms with Gasteiger partial charge in [-0.05, 0) is 36.6 Å². The molecule has 1 unspecified atom stereocenters. The predicted molar refractivity (Wildman–Crippen MR) is 89.4 cm³/mol. The van der Waals surface area contributed by atoms with Crippen molar-refractivity contribution in [2.24, 2.45) is 0 Å². The van der Waals surface area contributed by atoms with Crippen LogP contribution in [0.3, 0.4) is 0 Å². The van der Waals surface area contributed by atoms with E-state index in [2.05, 4.69) is 4.98 Å². The van der Waals surface area contributed by atoms with Crippen molar-refractivity contribution in [2.75, 3.05) is 6.61 Å². The lowest BCUT2D eigenvalue weighted by Crippen LogP contribution is -2.49. The highest BCUT2D eigenvalue weighted by Gasteiger charge is 2.36. The molecule has 0 radical (unpaired) electrons. The van der Waals surface area contributed by atoms with Crippen LogP contribution in [0.4, 0.5) is 0 Å². The number of fused-ring (bicyclic) bond motifs is 1.